The van der Waals surface area contributed by atoms with Crippen molar-refractivity contribution >= 4 is 98.7 Å². The van der Waals surface area contributed by atoms with E-state index in [1.165, 1.54) is 24.3 Å². The molecule has 0 radical (unpaired) electrons. The number of carbonyl (C=O) groups excluding carboxylic acids is 3. The van der Waals surface area contributed by atoms with Crippen molar-refractivity contribution in [2.24, 2.45) is 11.8 Å². The Hall–Kier alpha value is -2.03. The summed E-state index contributed by atoms with van der Waals surface area (Å²) >= 11 is 38.1. The maximum Gasteiger partial charge on any atom is 0.250 e. The van der Waals surface area contributed by atoms with Gasteiger partial charge in [0.15, 0.2) is 0 Å². The Labute approximate surface area is 247 Å². The lowest BCUT2D eigenvalue weighted by atomic mass is 9.76. The minimum atomic E-state index is -1.63. The normalized spacial score (nSPS) is 25.8. The zero-order valence-electron chi connectivity index (χ0n) is 19.0. The molecule has 0 bridgehead atoms. The number of nitrogens with zero attached hydrogens (tertiary/aromatic N) is 1. The molecule has 38 heavy (non-hydrogen) atoms. The third kappa shape index (κ3) is 3.77. The summed E-state index contributed by atoms with van der Waals surface area (Å²) < 4.78 is 0. The maximum atomic E-state index is 14.1. The van der Waals surface area contributed by atoms with Crippen molar-refractivity contribution in [3.63, 3.8) is 0 Å². The third-order valence-corrected chi connectivity index (χ3v) is 8.99. The van der Waals surface area contributed by atoms with Crippen molar-refractivity contribution < 1.29 is 14.4 Å². The van der Waals surface area contributed by atoms with Crippen LogP contribution in [0.15, 0.2) is 48.5 Å². The molecule has 3 aliphatic heterocycles. The lowest BCUT2D eigenvalue weighted by Gasteiger charge is -2.30. The highest BCUT2D eigenvalue weighted by Crippen LogP contribution is 2.56. The molecule has 4 atom stereocenters. The molecule has 3 aromatic rings. The summed E-state index contributed by atoms with van der Waals surface area (Å²) in [4.78, 5) is 42.9. The fourth-order valence-corrected chi connectivity index (χ4v) is 7.48. The van der Waals surface area contributed by atoms with E-state index >= 15 is 0 Å². The predicted octanol–water partition coefficient (Wildman–Crippen LogP) is 6.77. The van der Waals surface area contributed by atoms with E-state index in [0.717, 1.165) is 4.90 Å². The standard InChI is InChI=1S/C26H15Cl6N3O3/c27-10-4-11(28)6-13(5-10)35-23(36)20-19(9-14-16(30)2-1-3-17(14)31)34-26(21(20)24(35)37)15-7-12(29)8-18(32)22(15)33-25(26)38/h1-8,19-21,34H,9H2,(H,33,38). The van der Waals surface area contributed by atoms with Crippen LogP contribution in [0.25, 0.3) is 0 Å². The van der Waals surface area contributed by atoms with Crippen LogP contribution in [-0.4, -0.2) is 23.8 Å². The molecule has 6 nitrogen and oxygen atoms in total. The number of amides is 3. The second-order valence-corrected chi connectivity index (χ2v) is 11.9. The van der Waals surface area contributed by atoms with E-state index in [1.54, 1.807) is 24.3 Å². The first-order valence-corrected chi connectivity index (χ1v) is 13.6. The van der Waals surface area contributed by atoms with Gasteiger partial charge in [-0.25, -0.2) is 4.90 Å². The highest BCUT2D eigenvalue weighted by molar-refractivity contribution is 6.39. The first kappa shape index (κ1) is 26.2. The molecule has 3 amide bonds. The van der Waals surface area contributed by atoms with Gasteiger partial charge in [-0.1, -0.05) is 75.7 Å². The fourth-order valence-electron chi connectivity index (χ4n) is 5.87. The first-order chi connectivity index (χ1) is 18.0. The molecular weight excluding hydrogens is 615 g/mol. The molecule has 194 valence electrons. The number of imide groups is 1. The van der Waals surface area contributed by atoms with Gasteiger partial charge in [0.1, 0.15) is 5.54 Å². The van der Waals surface area contributed by atoms with Gasteiger partial charge >= 0.3 is 0 Å². The summed E-state index contributed by atoms with van der Waals surface area (Å²) in [6.45, 7) is 0. The van der Waals surface area contributed by atoms with Crippen LogP contribution in [0, 0.1) is 11.8 Å². The van der Waals surface area contributed by atoms with Crippen molar-refractivity contribution in [1.82, 2.24) is 5.32 Å². The third-order valence-electron chi connectivity index (χ3n) is 7.33. The molecule has 0 saturated carbocycles. The van der Waals surface area contributed by atoms with Crippen LogP contribution in [0.2, 0.25) is 30.1 Å². The quantitative estimate of drug-likeness (QED) is 0.313. The predicted molar refractivity (Wildman–Crippen MR) is 150 cm³/mol. The number of hydrogen-bond acceptors (Lipinski definition) is 4. The van der Waals surface area contributed by atoms with Crippen LogP contribution >= 0.6 is 69.6 Å². The van der Waals surface area contributed by atoms with E-state index in [-0.39, 0.29) is 32.2 Å². The van der Waals surface area contributed by atoms with Crippen molar-refractivity contribution in [2.75, 3.05) is 10.2 Å². The molecule has 0 aliphatic carbocycles. The van der Waals surface area contributed by atoms with Crippen LogP contribution in [0.5, 0.6) is 0 Å². The van der Waals surface area contributed by atoms with Crippen LogP contribution in [0.1, 0.15) is 11.1 Å². The van der Waals surface area contributed by atoms with Gasteiger partial charge in [-0.05, 0) is 54.4 Å². The highest BCUT2D eigenvalue weighted by atomic mass is 35.5. The van der Waals surface area contributed by atoms with E-state index in [1.807, 2.05) is 0 Å². The largest absolute Gasteiger partial charge is 0.323 e. The summed E-state index contributed by atoms with van der Waals surface area (Å²) in [7, 11) is 0. The lowest BCUT2D eigenvalue weighted by molar-refractivity contribution is -0.130. The number of carbonyl (C=O) groups is 3. The zero-order valence-corrected chi connectivity index (χ0v) is 23.5. The van der Waals surface area contributed by atoms with Gasteiger partial charge in [-0.3, -0.25) is 19.7 Å². The van der Waals surface area contributed by atoms with Gasteiger partial charge in [0, 0.05) is 36.7 Å². The number of hydrogen-bond donors (Lipinski definition) is 2. The molecule has 0 aromatic heterocycles. The Balaban J connectivity index is 1.55. The Morgan fingerprint density at radius 3 is 2.08 bits per heavy atom. The molecule has 2 N–H and O–H groups in total. The number of rotatable bonds is 3. The Bertz CT molecular complexity index is 1540. The molecule has 6 rings (SSSR count). The van der Waals surface area contributed by atoms with E-state index in [9.17, 15) is 14.4 Å². The molecule has 2 fully saturated rings. The summed E-state index contributed by atoms with van der Waals surface area (Å²) in [5.41, 5.74) is -0.129. The Morgan fingerprint density at radius 2 is 1.42 bits per heavy atom. The molecule has 3 aliphatic rings. The van der Waals surface area contributed by atoms with Gasteiger partial charge in [0.25, 0.3) is 0 Å². The second kappa shape index (κ2) is 9.27. The van der Waals surface area contributed by atoms with Gasteiger partial charge in [0.05, 0.1) is 28.2 Å². The number of halogens is 6. The molecule has 12 heteroatoms. The SMILES string of the molecule is O=C1C2C(Cc3c(Cl)cccc3Cl)NC3(C(=O)Nc4c(Cl)cc(Cl)cc43)C2C(=O)N1c1cc(Cl)cc(Cl)c1. The molecule has 3 heterocycles. The lowest BCUT2D eigenvalue weighted by Crippen LogP contribution is -2.53. The van der Waals surface area contributed by atoms with E-state index in [2.05, 4.69) is 10.6 Å². The number of nitrogens with one attached hydrogen (secondary N) is 2. The minimum absolute atomic E-state index is 0.168. The number of anilines is 2. The second-order valence-electron chi connectivity index (χ2n) is 9.37. The van der Waals surface area contributed by atoms with Crippen LogP contribution in [0.3, 0.4) is 0 Å². The monoisotopic (exact) mass is 627 g/mol. The van der Waals surface area contributed by atoms with E-state index < -0.39 is 41.1 Å². The smallest absolute Gasteiger partial charge is 0.250 e. The Kier molecular flexibility index (Phi) is 6.39. The fraction of sp³-hybridized carbons (Fsp3) is 0.192. The molecule has 2 saturated heterocycles. The van der Waals surface area contributed by atoms with Crippen LogP contribution < -0.4 is 15.5 Å². The topological polar surface area (TPSA) is 78.5 Å². The van der Waals surface area contributed by atoms with Gasteiger partial charge in [0.2, 0.25) is 17.7 Å². The van der Waals surface area contributed by atoms with E-state index in [0.29, 0.717) is 26.9 Å². The molecule has 4 unspecified atom stereocenters. The van der Waals surface area contributed by atoms with Gasteiger partial charge in [-0.15, -0.1) is 0 Å². The summed E-state index contributed by atoms with van der Waals surface area (Å²) in [5, 5.41) is 7.89. The number of fused-ring (bicyclic) bond motifs is 4. The minimum Gasteiger partial charge on any atom is -0.323 e. The van der Waals surface area contributed by atoms with Crippen molar-refractivity contribution in [1.29, 1.82) is 0 Å². The maximum absolute atomic E-state index is 14.1. The van der Waals surface area contributed by atoms with Gasteiger partial charge in [-0.2, -0.15) is 0 Å². The highest BCUT2D eigenvalue weighted by Gasteiger charge is 2.71. The zero-order chi connectivity index (χ0) is 27.1. The molecule has 3 aromatic carbocycles. The first-order valence-electron chi connectivity index (χ1n) is 11.4. The van der Waals surface area contributed by atoms with Gasteiger partial charge < -0.3 is 5.32 Å². The average molecular weight is 630 g/mol. The summed E-state index contributed by atoms with van der Waals surface area (Å²) in [6.07, 6.45) is 0.168. The Morgan fingerprint density at radius 1 is 0.789 bits per heavy atom. The summed E-state index contributed by atoms with van der Waals surface area (Å²) in [6, 6.07) is 11.9. The van der Waals surface area contributed by atoms with Crippen molar-refractivity contribution in [2.45, 2.75) is 18.0 Å². The van der Waals surface area contributed by atoms with Crippen molar-refractivity contribution in [3.8, 4) is 0 Å². The van der Waals surface area contributed by atoms with Crippen LogP contribution in [0.4, 0.5) is 11.4 Å². The van der Waals surface area contributed by atoms with E-state index in [4.69, 9.17) is 69.6 Å². The molecule has 1 spiro atoms. The number of benzene rings is 3. The average Bonchev–Trinajstić information content (AvgIpc) is 3.41. The summed E-state index contributed by atoms with van der Waals surface area (Å²) in [5.74, 6) is -3.70. The van der Waals surface area contributed by atoms with Crippen molar-refractivity contribution in [3.05, 3.63) is 89.8 Å². The van der Waals surface area contributed by atoms with Crippen LogP contribution in [-0.2, 0) is 26.3 Å². The molecular formula is C26H15Cl6N3O3.